The SMILES string of the molecule is Nc1c(Oc2ccccc2)ccc(Cl)c1Cl. The van der Waals surface area contributed by atoms with Gasteiger partial charge in [-0.05, 0) is 24.3 Å². The zero-order valence-electron chi connectivity index (χ0n) is 8.28. The Bertz CT molecular complexity index is 500. The molecule has 82 valence electrons. The minimum absolute atomic E-state index is 0.315. The van der Waals surface area contributed by atoms with Crippen LogP contribution >= 0.6 is 23.2 Å². The summed E-state index contributed by atoms with van der Waals surface area (Å²) in [6, 6.07) is 12.7. The fraction of sp³-hybridized carbons (Fsp3) is 0. The topological polar surface area (TPSA) is 35.2 Å². The van der Waals surface area contributed by atoms with Gasteiger partial charge in [0, 0.05) is 0 Å². The Morgan fingerprint density at radius 1 is 0.938 bits per heavy atom. The van der Waals surface area contributed by atoms with Crippen LogP contribution in [0.3, 0.4) is 0 Å². The predicted octanol–water partition coefficient (Wildman–Crippen LogP) is 4.37. The van der Waals surface area contributed by atoms with E-state index in [0.717, 1.165) is 0 Å². The Morgan fingerprint density at radius 2 is 1.62 bits per heavy atom. The first-order valence-corrected chi connectivity index (χ1v) is 5.40. The first-order valence-electron chi connectivity index (χ1n) is 4.65. The van der Waals surface area contributed by atoms with Crippen molar-refractivity contribution >= 4 is 28.9 Å². The largest absolute Gasteiger partial charge is 0.455 e. The number of hydrogen-bond donors (Lipinski definition) is 1. The van der Waals surface area contributed by atoms with Gasteiger partial charge in [0.15, 0.2) is 5.75 Å². The van der Waals surface area contributed by atoms with Crippen LogP contribution in [0.2, 0.25) is 10.0 Å². The summed E-state index contributed by atoms with van der Waals surface area (Å²) in [5.41, 5.74) is 6.14. The molecule has 0 heterocycles. The molecule has 0 atom stereocenters. The summed E-state index contributed by atoms with van der Waals surface area (Å²) in [6.45, 7) is 0. The lowest BCUT2D eigenvalue weighted by molar-refractivity contribution is 0.485. The van der Waals surface area contributed by atoms with E-state index in [1.165, 1.54) is 0 Å². The summed E-state index contributed by atoms with van der Waals surface area (Å²) >= 11 is 11.7. The number of nitrogens with two attached hydrogens (primary N) is 1. The molecule has 0 saturated carbocycles. The van der Waals surface area contributed by atoms with Gasteiger partial charge in [0.05, 0.1) is 15.7 Å². The summed E-state index contributed by atoms with van der Waals surface area (Å²) < 4.78 is 5.58. The summed E-state index contributed by atoms with van der Waals surface area (Å²) in [5, 5.41) is 0.731. The summed E-state index contributed by atoms with van der Waals surface area (Å²) in [7, 11) is 0. The van der Waals surface area contributed by atoms with Gasteiger partial charge in [-0.25, -0.2) is 0 Å². The van der Waals surface area contributed by atoms with Crippen molar-refractivity contribution in [1.29, 1.82) is 0 Å². The molecule has 2 aromatic carbocycles. The monoisotopic (exact) mass is 253 g/mol. The predicted molar refractivity (Wildman–Crippen MR) is 67.4 cm³/mol. The van der Waals surface area contributed by atoms with Crippen molar-refractivity contribution in [1.82, 2.24) is 0 Å². The van der Waals surface area contributed by atoms with Crippen LogP contribution in [0.15, 0.2) is 42.5 Å². The van der Waals surface area contributed by atoms with Crippen LogP contribution in [0.1, 0.15) is 0 Å². The molecular weight excluding hydrogens is 245 g/mol. The molecule has 0 amide bonds. The average Bonchev–Trinajstić information content (AvgIpc) is 2.31. The molecule has 0 aliphatic rings. The third kappa shape index (κ3) is 2.23. The van der Waals surface area contributed by atoms with Gasteiger partial charge in [-0.1, -0.05) is 41.4 Å². The summed E-state index contributed by atoms with van der Waals surface area (Å²) in [4.78, 5) is 0. The van der Waals surface area contributed by atoms with Crippen molar-refractivity contribution in [2.75, 3.05) is 5.73 Å². The van der Waals surface area contributed by atoms with Gasteiger partial charge >= 0.3 is 0 Å². The maximum absolute atomic E-state index is 5.91. The van der Waals surface area contributed by atoms with Crippen LogP contribution < -0.4 is 10.5 Å². The molecular formula is C12H9Cl2NO. The highest BCUT2D eigenvalue weighted by Crippen LogP contribution is 2.37. The molecule has 0 spiro atoms. The molecule has 2 N–H and O–H groups in total. The smallest absolute Gasteiger partial charge is 0.151 e. The Balaban J connectivity index is 2.33. The number of nitrogen functional groups attached to an aromatic ring is 1. The van der Waals surface area contributed by atoms with E-state index >= 15 is 0 Å². The molecule has 0 radical (unpaired) electrons. The quantitative estimate of drug-likeness (QED) is 0.807. The maximum atomic E-state index is 5.91. The normalized spacial score (nSPS) is 10.1. The van der Waals surface area contributed by atoms with Crippen molar-refractivity contribution in [2.24, 2.45) is 0 Å². The molecule has 0 aliphatic carbocycles. The van der Waals surface area contributed by atoms with Crippen molar-refractivity contribution < 1.29 is 4.74 Å². The van der Waals surface area contributed by atoms with Crippen LogP contribution in [0.5, 0.6) is 11.5 Å². The highest BCUT2D eigenvalue weighted by Gasteiger charge is 2.09. The minimum atomic E-state index is 0.315. The Hall–Kier alpha value is -1.38. The molecule has 0 unspecified atom stereocenters. The van der Waals surface area contributed by atoms with E-state index in [9.17, 15) is 0 Å². The molecule has 16 heavy (non-hydrogen) atoms. The lowest BCUT2D eigenvalue weighted by Gasteiger charge is -2.10. The van der Waals surface area contributed by atoms with E-state index in [2.05, 4.69) is 0 Å². The number of ether oxygens (including phenoxy) is 1. The summed E-state index contributed by atoms with van der Waals surface area (Å²) in [6.07, 6.45) is 0. The van der Waals surface area contributed by atoms with Gasteiger partial charge in [-0.2, -0.15) is 0 Å². The zero-order chi connectivity index (χ0) is 11.5. The molecule has 0 fully saturated rings. The van der Waals surface area contributed by atoms with Crippen molar-refractivity contribution in [2.45, 2.75) is 0 Å². The second-order valence-corrected chi connectivity index (χ2v) is 3.97. The van der Waals surface area contributed by atoms with Gasteiger partial charge in [0.2, 0.25) is 0 Å². The molecule has 2 nitrogen and oxygen atoms in total. The Labute approximate surface area is 104 Å². The Kier molecular flexibility index (Phi) is 3.22. The number of anilines is 1. The number of halogens is 2. The third-order valence-corrected chi connectivity index (χ3v) is 2.88. The second-order valence-electron chi connectivity index (χ2n) is 3.19. The number of benzene rings is 2. The lowest BCUT2D eigenvalue weighted by atomic mass is 10.3. The van der Waals surface area contributed by atoms with E-state index in [0.29, 0.717) is 27.2 Å². The van der Waals surface area contributed by atoms with E-state index < -0.39 is 0 Å². The average molecular weight is 254 g/mol. The first kappa shape index (κ1) is 11.1. The minimum Gasteiger partial charge on any atom is -0.455 e. The molecule has 0 aliphatic heterocycles. The van der Waals surface area contributed by atoms with E-state index in [-0.39, 0.29) is 0 Å². The van der Waals surface area contributed by atoms with Crippen molar-refractivity contribution in [3.63, 3.8) is 0 Å². The van der Waals surface area contributed by atoms with E-state index in [1.807, 2.05) is 30.3 Å². The van der Waals surface area contributed by atoms with Crippen LogP contribution in [0, 0.1) is 0 Å². The van der Waals surface area contributed by atoms with Gasteiger partial charge in [0.1, 0.15) is 5.75 Å². The fourth-order valence-corrected chi connectivity index (χ4v) is 1.57. The fourth-order valence-electron chi connectivity index (χ4n) is 1.25. The van der Waals surface area contributed by atoms with Crippen LogP contribution in [-0.2, 0) is 0 Å². The van der Waals surface area contributed by atoms with E-state index in [4.69, 9.17) is 33.7 Å². The number of rotatable bonds is 2. The number of hydrogen-bond acceptors (Lipinski definition) is 2. The molecule has 0 aromatic heterocycles. The van der Waals surface area contributed by atoms with Crippen LogP contribution in [0.4, 0.5) is 5.69 Å². The molecule has 0 bridgehead atoms. The van der Waals surface area contributed by atoms with Gasteiger partial charge in [-0.3, -0.25) is 0 Å². The molecule has 4 heteroatoms. The highest BCUT2D eigenvalue weighted by molar-refractivity contribution is 6.43. The Morgan fingerprint density at radius 3 is 2.31 bits per heavy atom. The number of para-hydroxylation sites is 1. The van der Waals surface area contributed by atoms with Gasteiger partial charge < -0.3 is 10.5 Å². The van der Waals surface area contributed by atoms with Gasteiger partial charge in [-0.15, -0.1) is 0 Å². The van der Waals surface area contributed by atoms with Gasteiger partial charge in [0.25, 0.3) is 0 Å². The highest BCUT2D eigenvalue weighted by atomic mass is 35.5. The molecule has 2 aromatic rings. The molecule has 2 rings (SSSR count). The third-order valence-electron chi connectivity index (χ3n) is 2.06. The second kappa shape index (κ2) is 4.64. The van der Waals surface area contributed by atoms with E-state index in [1.54, 1.807) is 12.1 Å². The van der Waals surface area contributed by atoms with Crippen molar-refractivity contribution in [3.8, 4) is 11.5 Å². The zero-order valence-corrected chi connectivity index (χ0v) is 9.79. The maximum Gasteiger partial charge on any atom is 0.151 e. The first-order chi connectivity index (χ1) is 7.68. The van der Waals surface area contributed by atoms with Crippen LogP contribution in [-0.4, -0.2) is 0 Å². The van der Waals surface area contributed by atoms with Crippen LogP contribution in [0.25, 0.3) is 0 Å². The standard InChI is InChI=1S/C12H9Cl2NO/c13-9-6-7-10(12(15)11(9)14)16-8-4-2-1-3-5-8/h1-7H,15H2. The summed E-state index contributed by atoms with van der Waals surface area (Å²) in [5.74, 6) is 1.20. The van der Waals surface area contributed by atoms with Crippen molar-refractivity contribution in [3.05, 3.63) is 52.5 Å². The lowest BCUT2D eigenvalue weighted by Crippen LogP contribution is -1.93. The molecule has 0 saturated heterocycles.